The zero-order chi connectivity index (χ0) is 21.9. The smallest absolute Gasteiger partial charge is 0.276 e. The Morgan fingerprint density at radius 1 is 1.27 bits per heavy atom. The van der Waals surface area contributed by atoms with Gasteiger partial charge in [0.25, 0.3) is 5.91 Å². The number of allylic oxidation sites excluding steroid dienone is 1. The topological polar surface area (TPSA) is 87.2 Å². The van der Waals surface area contributed by atoms with E-state index in [1.54, 1.807) is 42.2 Å². The van der Waals surface area contributed by atoms with Crippen molar-refractivity contribution in [2.45, 2.75) is 40.0 Å². The summed E-state index contributed by atoms with van der Waals surface area (Å²) in [5.41, 5.74) is 0.539. The first-order chi connectivity index (χ1) is 14.2. The number of hydrogen-bond acceptors (Lipinski definition) is 5. The molecule has 2 heterocycles. The third-order valence-corrected chi connectivity index (χ3v) is 5.59. The van der Waals surface area contributed by atoms with Gasteiger partial charge in [0, 0.05) is 29.1 Å². The number of hydrogen-bond donors (Lipinski definition) is 0. The van der Waals surface area contributed by atoms with Crippen molar-refractivity contribution in [2.75, 3.05) is 13.1 Å². The van der Waals surface area contributed by atoms with Crippen molar-refractivity contribution in [3.63, 3.8) is 0 Å². The van der Waals surface area contributed by atoms with Gasteiger partial charge in [0.15, 0.2) is 11.5 Å². The van der Waals surface area contributed by atoms with Crippen LogP contribution in [0.5, 0.6) is 0 Å². The number of benzene rings is 1. The summed E-state index contributed by atoms with van der Waals surface area (Å²) in [6.45, 7) is 6.31. The molecule has 0 saturated heterocycles. The summed E-state index contributed by atoms with van der Waals surface area (Å²) in [6, 6.07) is 9.07. The third-order valence-electron chi connectivity index (χ3n) is 5.33. The number of amides is 1. The predicted octanol–water partition coefficient (Wildman–Crippen LogP) is 4.97. The number of nitrogens with zero attached hydrogens (tertiary/aromatic N) is 3. The van der Waals surface area contributed by atoms with E-state index in [1.807, 2.05) is 19.9 Å². The van der Waals surface area contributed by atoms with E-state index in [0.29, 0.717) is 49.0 Å². The highest BCUT2D eigenvalue weighted by molar-refractivity contribution is 6.30. The number of ketones is 1. The van der Waals surface area contributed by atoms with Gasteiger partial charge < -0.3 is 9.32 Å². The van der Waals surface area contributed by atoms with Gasteiger partial charge >= 0.3 is 0 Å². The molecule has 1 aromatic carbocycles. The summed E-state index contributed by atoms with van der Waals surface area (Å²) in [6.07, 6.45) is 3.30. The van der Waals surface area contributed by atoms with Crippen LogP contribution in [0.4, 0.5) is 0 Å². The zero-order valence-electron chi connectivity index (χ0n) is 17.4. The van der Waals surface area contributed by atoms with Gasteiger partial charge in [-0.15, -0.1) is 0 Å². The minimum Gasteiger partial charge on any atom is -0.441 e. The monoisotopic (exact) mass is 425 g/mol. The molecule has 7 heteroatoms. The van der Waals surface area contributed by atoms with Gasteiger partial charge in [-0.25, -0.2) is 4.98 Å². The summed E-state index contributed by atoms with van der Waals surface area (Å²) in [4.78, 5) is 31.9. The summed E-state index contributed by atoms with van der Waals surface area (Å²) in [7, 11) is 0. The van der Waals surface area contributed by atoms with Crippen molar-refractivity contribution < 1.29 is 14.0 Å². The number of aryl methyl sites for hydroxylation is 1. The highest BCUT2D eigenvalue weighted by atomic mass is 35.5. The molecule has 0 unspecified atom stereocenters. The number of rotatable bonds is 2. The Kier molecular flexibility index (Phi) is 6.42. The summed E-state index contributed by atoms with van der Waals surface area (Å²) < 4.78 is 5.73. The first-order valence-corrected chi connectivity index (χ1v) is 10.3. The molecular weight excluding hydrogens is 402 g/mol. The summed E-state index contributed by atoms with van der Waals surface area (Å²) in [5, 5.41) is 9.95. The highest BCUT2D eigenvalue weighted by Crippen LogP contribution is 2.29. The SMILES string of the molecule is Cc1oc(-c2ccc(Cl)cc2)nc1C(=O)N1CC/C=C(/C#N)C(=O)C(C)(C)CCC1. The second kappa shape index (κ2) is 8.85. The fraction of sp³-hybridized carbons (Fsp3) is 0.391. The maximum absolute atomic E-state index is 13.2. The van der Waals surface area contributed by atoms with E-state index in [9.17, 15) is 14.9 Å². The number of carbonyl (C=O) groups excluding carboxylic acids is 2. The molecule has 0 spiro atoms. The van der Waals surface area contributed by atoms with Crippen molar-refractivity contribution in [1.82, 2.24) is 9.88 Å². The third kappa shape index (κ3) is 4.63. The van der Waals surface area contributed by atoms with Gasteiger partial charge in [-0.2, -0.15) is 5.26 Å². The van der Waals surface area contributed by atoms with Crippen LogP contribution in [0, 0.1) is 23.7 Å². The Hall–Kier alpha value is -2.91. The van der Waals surface area contributed by atoms with E-state index in [1.165, 1.54) is 0 Å². The molecule has 6 nitrogen and oxygen atoms in total. The van der Waals surface area contributed by atoms with Crippen molar-refractivity contribution in [1.29, 1.82) is 5.26 Å². The molecule has 0 bridgehead atoms. The van der Waals surface area contributed by atoms with Crippen molar-refractivity contribution in [2.24, 2.45) is 5.41 Å². The highest BCUT2D eigenvalue weighted by Gasteiger charge is 2.31. The lowest BCUT2D eigenvalue weighted by atomic mass is 9.80. The fourth-order valence-electron chi connectivity index (χ4n) is 3.52. The van der Waals surface area contributed by atoms with Gasteiger partial charge in [-0.05, 0) is 50.5 Å². The van der Waals surface area contributed by atoms with Gasteiger partial charge in [0.05, 0.1) is 5.57 Å². The average molecular weight is 426 g/mol. The molecule has 0 fully saturated rings. The number of Topliss-reactive ketones (excluding diaryl/α,β-unsaturated/α-hetero) is 1. The first-order valence-electron chi connectivity index (χ1n) is 9.90. The lowest BCUT2D eigenvalue weighted by molar-refractivity contribution is -0.123. The molecule has 0 aliphatic carbocycles. The van der Waals surface area contributed by atoms with E-state index in [0.717, 1.165) is 5.56 Å². The van der Waals surface area contributed by atoms with Crippen LogP contribution in [-0.2, 0) is 4.79 Å². The minimum atomic E-state index is -0.640. The normalized spacial score (nSPS) is 19.0. The zero-order valence-corrected chi connectivity index (χ0v) is 18.1. The number of halogens is 1. The molecule has 0 radical (unpaired) electrons. The van der Waals surface area contributed by atoms with Crippen LogP contribution < -0.4 is 0 Å². The maximum Gasteiger partial charge on any atom is 0.276 e. The van der Waals surface area contributed by atoms with E-state index >= 15 is 0 Å². The number of oxazole rings is 1. The Morgan fingerprint density at radius 2 is 1.97 bits per heavy atom. The lowest BCUT2D eigenvalue weighted by Crippen LogP contribution is -2.35. The summed E-state index contributed by atoms with van der Waals surface area (Å²) >= 11 is 5.93. The second-order valence-corrected chi connectivity index (χ2v) is 8.49. The van der Waals surface area contributed by atoms with Crippen LogP contribution in [0.3, 0.4) is 0 Å². The Morgan fingerprint density at radius 3 is 2.63 bits per heavy atom. The van der Waals surface area contributed by atoms with Gasteiger partial charge in [0.1, 0.15) is 11.8 Å². The Balaban J connectivity index is 1.84. The van der Waals surface area contributed by atoms with Crippen LogP contribution in [0.15, 0.2) is 40.3 Å². The number of aromatic nitrogens is 1. The molecule has 30 heavy (non-hydrogen) atoms. The standard InChI is InChI=1S/C23H24ClN3O3/c1-15-19(26-21(30-15)16-7-9-18(24)10-8-16)22(29)27-12-4-6-17(14-25)20(28)23(2,3)11-5-13-27/h6-10H,4-5,11-13H2,1-3H3/b17-6-. The largest absolute Gasteiger partial charge is 0.441 e. The molecule has 1 aliphatic heterocycles. The molecule has 1 aromatic heterocycles. The van der Waals surface area contributed by atoms with Crippen LogP contribution >= 0.6 is 11.6 Å². The predicted molar refractivity (Wildman–Crippen MR) is 114 cm³/mol. The molecule has 1 aliphatic rings. The van der Waals surface area contributed by atoms with Crippen LogP contribution in [0.2, 0.25) is 5.02 Å². The number of nitriles is 1. The molecule has 2 aromatic rings. The van der Waals surface area contributed by atoms with E-state index in [2.05, 4.69) is 4.98 Å². The van der Waals surface area contributed by atoms with E-state index < -0.39 is 5.41 Å². The first kappa shape index (κ1) is 21.8. The van der Waals surface area contributed by atoms with Crippen molar-refractivity contribution in [3.8, 4) is 17.5 Å². The molecule has 0 N–H and O–H groups in total. The lowest BCUT2D eigenvalue weighted by Gasteiger charge is -2.27. The minimum absolute atomic E-state index is 0.135. The fourth-order valence-corrected chi connectivity index (χ4v) is 3.65. The molecule has 3 rings (SSSR count). The molecular formula is C23H24ClN3O3. The van der Waals surface area contributed by atoms with Gasteiger partial charge in [0.2, 0.25) is 5.89 Å². The molecule has 156 valence electrons. The van der Waals surface area contributed by atoms with Crippen LogP contribution in [-0.4, -0.2) is 34.7 Å². The van der Waals surface area contributed by atoms with Crippen molar-refractivity contribution >= 4 is 23.3 Å². The molecule has 0 atom stereocenters. The van der Waals surface area contributed by atoms with E-state index in [-0.39, 0.29) is 23.0 Å². The van der Waals surface area contributed by atoms with Crippen LogP contribution in [0.25, 0.3) is 11.5 Å². The quantitative estimate of drug-likeness (QED) is 0.677. The maximum atomic E-state index is 13.2. The van der Waals surface area contributed by atoms with Gasteiger partial charge in [-0.3, -0.25) is 9.59 Å². The Labute approximate surface area is 181 Å². The van der Waals surface area contributed by atoms with Gasteiger partial charge in [-0.1, -0.05) is 31.5 Å². The number of carbonyl (C=O) groups is 2. The van der Waals surface area contributed by atoms with Crippen LogP contribution in [0.1, 0.15) is 49.4 Å². The molecule has 1 amide bonds. The van der Waals surface area contributed by atoms with E-state index in [4.69, 9.17) is 16.0 Å². The summed E-state index contributed by atoms with van der Waals surface area (Å²) in [5.74, 6) is 0.468. The Bertz CT molecular complexity index is 1030. The van der Waals surface area contributed by atoms with Crippen molar-refractivity contribution in [3.05, 3.63) is 52.4 Å². The second-order valence-electron chi connectivity index (χ2n) is 8.06. The average Bonchev–Trinajstić information content (AvgIpc) is 3.10. The molecule has 0 saturated carbocycles.